The molecule has 0 radical (unpaired) electrons. The second-order valence-corrected chi connectivity index (χ2v) is 5.27. The van der Waals surface area contributed by atoms with Crippen LogP contribution in [-0.4, -0.2) is 67.2 Å². The second-order valence-electron chi connectivity index (χ2n) is 5.27. The SMILES string of the molecule is CCNc1nc(OC)nc(N(C)CC2CCN(C)C2)n1. The van der Waals surface area contributed by atoms with Gasteiger partial charge in [0.05, 0.1) is 7.11 Å². The first kappa shape index (κ1) is 14.8. The van der Waals surface area contributed by atoms with Gasteiger partial charge in [-0.2, -0.15) is 15.0 Å². The zero-order valence-corrected chi connectivity index (χ0v) is 12.8. The Kier molecular flexibility index (Phi) is 4.94. The number of rotatable bonds is 6. The molecule has 1 fully saturated rings. The predicted octanol–water partition coefficient (Wildman–Crippen LogP) is 0.700. The van der Waals surface area contributed by atoms with E-state index in [1.54, 1.807) is 7.11 Å². The molecule has 2 rings (SSSR count). The molecule has 1 atom stereocenters. The molecule has 1 saturated heterocycles. The van der Waals surface area contributed by atoms with Crippen molar-refractivity contribution >= 4 is 11.9 Å². The summed E-state index contributed by atoms with van der Waals surface area (Å²) in [4.78, 5) is 17.4. The third kappa shape index (κ3) is 3.69. The fourth-order valence-corrected chi connectivity index (χ4v) is 2.49. The van der Waals surface area contributed by atoms with E-state index in [-0.39, 0.29) is 0 Å². The smallest absolute Gasteiger partial charge is 0.322 e. The lowest BCUT2D eigenvalue weighted by atomic mass is 10.1. The van der Waals surface area contributed by atoms with Gasteiger partial charge in [0, 0.05) is 26.7 Å². The van der Waals surface area contributed by atoms with Crippen molar-refractivity contribution in [3.8, 4) is 6.01 Å². The third-order valence-corrected chi connectivity index (χ3v) is 3.48. The summed E-state index contributed by atoms with van der Waals surface area (Å²) in [5.41, 5.74) is 0. The Morgan fingerprint density at radius 2 is 2.20 bits per heavy atom. The highest BCUT2D eigenvalue weighted by molar-refractivity contribution is 5.37. The van der Waals surface area contributed by atoms with Crippen molar-refractivity contribution in [1.82, 2.24) is 19.9 Å². The molecule has 20 heavy (non-hydrogen) atoms. The molecule has 1 aromatic rings. The summed E-state index contributed by atoms with van der Waals surface area (Å²) in [6.07, 6.45) is 1.23. The topological polar surface area (TPSA) is 66.4 Å². The van der Waals surface area contributed by atoms with Gasteiger partial charge in [0.15, 0.2) is 0 Å². The van der Waals surface area contributed by atoms with Gasteiger partial charge in [0.25, 0.3) is 0 Å². The van der Waals surface area contributed by atoms with Gasteiger partial charge < -0.3 is 19.9 Å². The normalized spacial score (nSPS) is 19.1. The van der Waals surface area contributed by atoms with Crippen LogP contribution in [0.15, 0.2) is 0 Å². The van der Waals surface area contributed by atoms with E-state index in [1.807, 2.05) is 14.0 Å². The van der Waals surface area contributed by atoms with Crippen LogP contribution in [0, 0.1) is 5.92 Å². The summed E-state index contributed by atoms with van der Waals surface area (Å²) >= 11 is 0. The highest BCUT2D eigenvalue weighted by atomic mass is 16.5. The monoisotopic (exact) mass is 280 g/mol. The third-order valence-electron chi connectivity index (χ3n) is 3.48. The fraction of sp³-hybridized carbons (Fsp3) is 0.769. The second kappa shape index (κ2) is 6.69. The Hall–Kier alpha value is -1.63. The number of methoxy groups -OCH3 is 1. The number of nitrogens with one attached hydrogen (secondary N) is 1. The maximum Gasteiger partial charge on any atom is 0.322 e. The standard InChI is InChI=1S/C13H24N6O/c1-5-14-11-15-12(17-13(16-11)20-4)19(3)9-10-6-7-18(2)8-10/h10H,5-9H2,1-4H3,(H,14,15,16,17). The molecule has 0 amide bonds. The number of aromatic nitrogens is 3. The van der Waals surface area contributed by atoms with E-state index >= 15 is 0 Å². The lowest BCUT2D eigenvalue weighted by Crippen LogP contribution is -2.29. The van der Waals surface area contributed by atoms with E-state index < -0.39 is 0 Å². The number of anilines is 2. The van der Waals surface area contributed by atoms with Gasteiger partial charge >= 0.3 is 6.01 Å². The molecule has 0 aliphatic carbocycles. The summed E-state index contributed by atoms with van der Waals surface area (Å²) in [6.45, 7) is 6.02. The van der Waals surface area contributed by atoms with Crippen molar-refractivity contribution in [2.45, 2.75) is 13.3 Å². The van der Waals surface area contributed by atoms with Crippen LogP contribution in [0.1, 0.15) is 13.3 Å². The molecule has 0 saturated carbocycles. The molecular weight excluding hydrogens is 256 g/mol. The summed E-state index contributed by atoms with van der Waals surface area (Å²) in [5, 5.41) is 3.10. The lowest BCUT2D eigenvalue weighted by Gasteiger charge is -2.21. The molecule has 1 N–H and O–H groups in total. The van der Waals surface area contributed by atoms with E-state index in [0.717, 1.165) is 19.6 Å². The minimum absolute atomic E-state index is 0.348. The van der Waals surface area contributed by atoms with E-state index in [0.29, 0.717) is 23.8 Å². The van der Waals surface area contributed by atoms with Crippen LogP contribution in [0.5, 0.6) is 6.01 Å². The zero-order chi connectivity index (χ0) is 14.5. The molecule has 112 valence electrons. The van der Waals surface area contributed by atoms with Gasteiger partial charge in [-0.15, -0.1) is 0 Å². The summed E-state index contributed by atoms with van der Waals surface area (Å²) in [7, 11) is 5.75. The van der Waals surface area contributed by atoms with E-state index in [2.05, 4.69) is 37.1 Å². The van der Waals surface area contributed by atoms with Gasteiger partial charge in [-0.1, -0.05) is 0 Å². The number of nitrogens with zero attached hydrogens (tertiary/aromatic N) is 5. The van der Waals surface area contributed by atoms with Crippen molar-refractivity contribution in [3.63, 3.8) is 0 Å². The Balaban J connectivity index is 2.07. The molecule has 0 aromatic carbocycles. The van der Waals surface area contributed by atoms with Crippen molar-refractivity contribution in [1.29, 1.82) is 0 Å². The molecular formula is C13H24N6O. The highest BCUT2D eigenvalue weighted by Gasteiger charge is 2.22. The van der Waals surface area contributed by atoms with Crippen molar-refractivity contribution in [2.24, 2.45) is 5.92 Å². The molecule has 2 heterocycles. The Labute approximate surface area is 120 Å². The largest absolute Gasteiger partial charge is 0.467 e. The summed E-state index contributed by atoms with van der Waals surface area (Å²) in [5.74, 6) is 1.88. The maximum atomic E-state index is 5.14. The molecule has 7 heteroatoms. The molecule has 1 unspecified atom stereocenters. The minimum atomic E-state index is 0.348. The number of ether oxygens (including phenoxy) is 1. The van der Waals surface area contributed by atoms with E-state index in [9.17, 15) is 0 Å². The van der Waals surface area contributed by atoms with Crippen molar-refractivity contribution in [3.05, 3.63) is 0 Å². The Morgan fingerprint density at radius 3 is 2.80 bits per heavy atom. The van der Waals surface area contributed by atoms with Crippen molar-refractivity contribution < 1.29 is 4.74 Å². The molecule has 7 nitrogen and oxygen atoms in total. The predicted molar refractivity (Wildman–Crippen MR) is 79.4 cm³/mol. The first-order valence-electron chi connectivity index (χ1n) is 7.06. The summed E-state index contributed by atoms with van der Waals surface area (Å²) < 4.78 is 5.14. The first-order valence-corrected chi connectivity index (χ1v) is 7.06. The molecule has 1 aliphatic heterocycles. The van der Waals surface area contributed by atoms with Crippen molar-refractivity contribution in [2.75, 3.05) is 57.6 Å². The number of hydrogen-bond acceptors (Lipinski definition) is 7. The molecule has 1 aromatic heterocycles. The summed E-state index contributed by atoms with van der Waals surface area (Å²) in [6, 6.07) is 0.348. The van der Waals surface area contributed by atoms with Gasteiger partial charge in [-0.05, 0) is 32.9 Å². The molecule has 1 aliphatic rings. The van der Waals surface area contributed by atoms with Crippen LogP contribution in [0.3, 0.4) is 0 Å². The first-order chi connectivity index (χ1) is 9.62. The van der Waals surface area contributed by atoms with Gasteiger partial charge in [0.1, 0.15) is 0 Å². The number of likely N-dealkylation sites (tertiary alicyclic amines) is 1. The highest BCUT2D eigenvalue weighted by Crippen LogP contribution is 2.19. The minimum Gasteiger partial charge on any atom is -0.467 e. The van der Waals surface area contributed by atoms with Crippen LogP contribution in [0.4, 0.5) is 11.9 Å². The zero-order valence-electron chi connectivity index (χ0n) is 12.8. The van der Waals surface area contributed by atoms with Gasteiger partial charge in [-0.25, -0.2) is 0 Å². The van der Waals surface area contributed by atoms with Crippen LogP contribution in [-0.2, 0) is 0 Å². The Bertz CT molecular complexity index is 441. The maximum absolute atomic E-state index is 5.14. The van der Waals surface area contributed by atoms with E-state index in [4.69, 9.17) is 4.74 Å². The average molecular weight is 280 g/mol. The van der Waals surface area contributed by atoms with Gasteiger partial charge in [0.2, 0.25) is 11.9 Å². The molecule has 0 bridgehead atoms. The van der Waals surface area contributed by atoms with Gasteiger partial charge in [-0.3, -0.25) is 0 Å². The van der Waals surface area contributed by atoms with Crippen LogP contribution < -0.4 is 15.0 Å². The van der Waals surface area contributed by atoms with Crippen LogP contribution in [0.25, 0.3) is 0 Å². The molecule has 0 spiro atoms. The van der Waals surface area contributed by atoms with Crippen LogP contribution in [0.2, 0.25) is 0 Å². The lowest BCUT2D eigenvalue weighted by molar-refractivity contribution is 0.377. The fourth-order valence-electron chi connectivity index (χ4n) is 2.49. The van der Waals surface area contributed by atoms with Crippen LogP contribution >= 0.6 is 0 Å². The van der Waals surface area contributed by atoms with E-state index in [1.165, 1.54) is 13.0 Å². The Morgan fingerprint density at radius 1 is 1.40 bits per heavy atom. The average Bonchev–Trinajstić information content (AvgIpc) is 2.84. The number of hydrogen-bond donors (Lipinski definition) is 1. The quantitative estimate of drug-likeness (QED) is 0.822.